The SMILES string of the molecule is CCCN(C)CC(C)Oc1nc(Cl)c2c(=O)n(C3CC3)c(Cl)c(F)c2n1. The average molecular weight is 403 g/mol. The van der Waals surface area contributed by atoms with Gasteiger partial charge in [0.25, 0.3) is 5.56 Å². The van der Waals surface area contributed by atoms with Crippen LogP contribution in [-0.2, 0) is 0 Å². The van der Waals surface area contributed by atoms with E-state index in [1.807, 2.05) is 14.0 Å². The largest absolute Gasteiger partial charge is 0.459 e. The molecule has 1 aliphatic rings. The van der Waals surface area contributed by atoms with E-state index in [0.29, 0.717) is 6.54 Å². The number of halogens is 3. The Bertz CT molecular complexity index is 885. The van der Waals surface area contributed by atoms with Gasteiger partial charge in [-0.25, -0.2) is 4.39 Å². The van der Waals surface area contributed by atoms with E-state index >= 15 is 0 Å². The second-order valence-electron chi connectivity index (χ2n) is 6.72. The number of aromatic nitrogens is 3. The number of rotatable bonds is 7. The summed E-state index contributed by atoms with van der Waals surface area (Å²) in [5, 5.41) is -0.445. The third-order valence-corrected chi connectivity index (χ3v) is 4.89. The van der Waals surface area contributed by atoms with Crippen LogP contribution in [0.25, 0.3) is 10.9 Å². The van der Waals surface area contributed by atoms with Gasteiger partial charge in [-0.3, -0.25) is 9.36 Å². The monoisotopic (exact) mass is 402 g/mol. The van der Waals surface area contributed by atoms with Crippen molar-refractivity contribution in [2.75, 3.05) is 20.1 Å². The summed E-state index contributed by atoms with van der Waals surface area (Å²) in [5.41, 5.74) is -0.679. The second-order valence-corrected chi connectivity index (χ2v) is 7.44. The first kappa shape index (κ1) is 19.3. The van der Waals surface area contributed by atoms with Crippen LogP contribution in [0.15, 0.2) is 4.79 Å². The zero-order valence-corrected chi connectivity index (χ0v) is 16.4. The number of pyridine rings is 1. The fourth-order valence-corrected chi connectivity index (χ4v) is 3.56. The van der Waals surface area contributed by atoms with Crippen molar-refractivity contribution in [3.8, 4) is 6.01 Å². The van der Waals surface area contributed by atoms with Gasteiger partial charge in [-0.05, 0) is 39.8 Å². The highest BCUT2D eigenvalue weighted by atomic mass is 35.5. The Morgan fingerprint density at radius 3 is 2.69 bits per heavy atom. The molecular formula is C17H21Cl2FN4O2. The summed E-state index contributed by atoms with van der Waals surface area (Å²) in [4.78, 5) is 22.9. The van der Waals surface area contributed by atoms with Gasteiger partial charge in [0, 0.05) is 12.6 Å². The van der Waals surface area contributed by atoms with Gasteiger partial charge in [0.15, 0.2) is 11.0 Å². The van der Waals surface area contributed by atoms with Crippen LogP contribution >= 0.6 is 23.2 Å². The van der Waals surface area contributed by atoms with Gasteiger partial charge in [-0.2, -0.15) is 9.97 Å². The lowest BCUT2D eigenvalue weighted by Crippen LogP contribution is -2.32. The van der Waals surface area contributed by atoms with Crippen LogP contribution in [0, 0.1) is 5.82 Å². The number of likely N-dealkylation sites (N-methyl/N-ethyl adjacent to an activating group) is 1. The molecular weight excluding hydrogens is 382 g/mol. The first-order chi connectivity index (χ1) is 12.3. The number of fused-ring (bicyclic) bond motifs is 1. The molecule has 26 heavy (non-hydrogen) atoms. The fourth-order valence-electron chi connectivity index (χ4n) is 3.02. The molecule has 1 unspecified atom stereocenters. The lowest BCUT2D eigenvalue weighted by molar-refractivity contribution is 0.151. The molecule has 0 N–H and O–H groups in total. The highest BCUT2D eigenvalue weighted by Gasteiger charge is 2.31. The molecule has 1 aliphatic carbocycles. The van der Waals surface area contributed by atoms with Crippen LogP contribution in [0.2, 0.25) is 10.3 Å². The molecule has 0 aromatic carbocycles. The van der Waals surface area contributed by atoms with Gasteiger partial charge in [0.1, 0.15) is 22.2 Å². The van der Waals surface area contributed by atoms with E-state index in [0.717, 1.165) is 25.8 Å². The molecule has 2 aromatic rings. The third-order valence-electron chi connectivity index (χ3n) is 4.27. The summed E-state index contributed by atoms with van der Waals surface area (Å²) in [6, 6.07) is -0.159. The van der Waals surface area contributed by atoms with E-state index in [9.17, 15) is 9.18 Å². The van der Waals surface area contributed by atoms with E-state index in [1.165, 1.54) is 4.57 Å². The van der Waals surface area contributed by atoms with Gasteiger partial charge in [0.05, 0.1) is 0 Å². The topological polar surface area (TPSA) is 60.2 Å². The first-order valence-electron chi connectivity index (χ1n) is 8.65. The van der Waals surface area contributed by atoms with E-state index in [4.69, 9.17) is 27.9 Å². The number of ether oxygens (including phenoxy) is 1. The summed E-state index contributed by atoms with van der Waals surface area (Å²) in [5.74, 6) is -0.780. The van der Waals surface area contributed by atoms with E-state index in [-0.39, 0.29) is 39.4 Å². The lowest BCUT2D eigenvalue weighted by atomic mass is 10.3. The molecule has 1 saturated carbocycles. The molecule has 0 radical (unpaired) electrons. The summed E-state index contributed by atoms with van der Waals surface area (Å²) >= 11 is 12.2. The Morgan fingerprint density at radius 1 is 1.38 bits per heavy atom. The predicted octanol–water partition coefficient (Wildman–Crippen LogP) is 3.68. The van der Waals surface area contributed by atoms with Crippen molar-refractivity contribution in [2.24, 2.45) is 0 Å². The summed E-state index contributed by atoms with van der Waals surface area (Å²) in [7, 11) is 1.98. The van der Waals surface area contributed by atoms with Gasteiger partial charge >= 0.3 is 6.01 Å². The Morgan fingerprint density at radius 2 is 2.08 bits per heavy atom. The Labute approximate surface area is 160 Å². The second kappa shape index (κ2) is 7.66. The minimum atomic E-state index is -0.780. The van der Waals surface area contributed by atoms with Crippen molar-refractivity contribution in [3.05, 3.63) is 26.5 Å². The summed E-state index contributed by atoms with van der Waals surface area (Å²) < 4.78 is 21.6. The van der Waals surface area contributed by atoms with Gasteiger partial charge in [-0.1, -0.05) is 30.1 Å². The van der Waals surface area contributed by atoms with E-state index < -0.39 is 11.4 Å². The van der Waals surface area contributed by atoms with Gasteiger partial charge in [0.2, 0.25) is 0 Å². The van der Waals surface area contributed by atoms with Crippen LogP contribution in [0.4, 0.5) is 4.39 Å². The summed E-state index contributed by atoms with van der Waals surface area (Å²) in [6.07, 6.45) is 2.36. The van der Waals surface area contributed by atoms with Crippen molar-refractivity contribution < 1.29 is 9.13 Å². The molecule has 9 heteroatoms. The minimum Gasteiger partial charge on any atom is -0.459 e. The molecule has 142 valence electrons. The molecule has 0 spiro atoms. The molecule has 6 nitrogen and oxygen atoms in total. The lowest BCUT2D eigenvalue weighted by Gasteiger charge is -2.21. The van der Waals surface area contributed by atoms with Crippen molar-refractivity contribution in [1.29, 1.82) is 0 Å². The van der Waals surface area contributed by atoms with Crippen LogP contribution in [0.3, 0.4) is 0 Å². The van der Waals surface area contributed by atoms with E-state index in [1.54, 1.807) is 0 Å². The molecule has 2 heterocycles. The Kier molecular flexibility index (Phi) is 5.69. The van der Waals surface area contributed by atoms with Crippen LogP contribution in [0.1, 0.15) is 39.2 Å². The fraction of sp³-hybridized carbons (Fsp3) is 0.588. The quantitative estimate of drug-likeness (QED) is 0.522. The van der Waals surface area contributed by atoms with Crippen molar-refractivity contribution in [1.82, 2.24) is 19.4 Å². The maximum Gasteiger partial charge on any atom is 0.318 e. The first-order valence-corrected chi connectivity index (χ1v) is 9.41. The van der Waals surface area contributed by atoms with Crippen molar-refractivity contribution in [3.63, 3.8) is 0 Å². The van der Waals surface area contributed by atoms with Crippen LogP contribution < -0.4 is 10.3 Å². The maximum absolute atomic E-state index is 14.7. The average Bonchev–Trinajstić information content (AvgIpc) is 3.37. The maximum atomic E-state index is 14.7. The Balaban J connectivity index is 1.96. The number of hydrogen-bond donors (Lipinski definition) is 0. The number of hydrogen-bond acceptors (Lipinski definition) is 5. The minimum absolute atomic E-state index is 0.0661. The molecule has 0 aliphatic heterocycles. The molecule has 1 fully saturated rings. The van der Waals surface area contributed by atoms with Crippen LogP contribution in [0.5, 0.6) is 6.01 Å². The highest BCUT2D eigenvalue weighted by Crippen LogP contribution is 2.38. The Hall–Kier alpha value is -1.44. The van der Waals surface area contributed by atoms with E-state index in [2.05, 4.69) is 21.8 Å². The van der Waals surface area contributed by atoms with Gasteiger partial charge in [-0.15, -0.1) is 0 Å². The zero-order chi connectivity index (χ0) is 19.0. The van der Waals surface area contributed by atoms with Crippen molar-refractivity contribution >= 4 is 34.1 Å². The normalized spacial score (nSPS) is 15.7. The number of nitrogens with zero attached hydrogens (tertiary/aromatic N) is 4. The molecule has 0 saturated heterocycles. The molecule has 0 amide bonds. The molecule has 0 bridgehead atoms. The van der Waals surface area contributed by atoms with Gasteiger partial charge < -0.3 is 9.64 Å². The molecule has 3 rings (SSSR count). The third kappa shape index (κ3) is 3.80. The summed E-state index contributed by atoms with van der Waals surface area (Å²) in [6.45, 7) is 5.54. The highest BCUT2D eigenvalue weighted by molar-refractivity contribution is 6.34. The van der Waals surface area contributed by atoms with Crippen molar-refractivity contribution in [2.45, 2.75) is 45.3 Å². The predicted molar refractivity (Wildman–Crippen MR) is 99.9 cm³/mol. The smallest absolute Gasteiger partial charge is 0.318 e. The zero-order valence-electron chi connectivity index (χ0n) is 14.9. The molecule has 2 aromatic heterocycles. The standard InChI is InChI=1S/C17H21Cl2FN4O2/c1-4-7-23(3)8-9(2)26-17-21-13-11(14(18)22-17)16(25)24(10-5-6-10)15(19)12(13)20/h9-10H,4-8H2,1-3H3. The molecule has 1 atom stereocenters. The van der Waals surface area contributed by atoms with Crippen LogP contribution in [-0.4, -0.2) is 45.7 Å².